The minimum Gasteiger partial charge on any atom is -0.280 e. The van der Waals surface area contributed by atoms with Crippen LogP contribution in [0.2, 0.25) is 0 Å². The topological polar surface area (TPSA) is 46.2 Å². The number of hydrogen-bond acceptors (Lipinski definition) is 3. The summed E-state index contributed by atoms with van der Waals surface area (Å²) >= 11 is 1.58. The van der Waals surface area contributed by atoms with Gasteiger partial charge < -0.3 is 0 Å². The summed E-state index contributed by atoms with van der Waals surface area (Å²) in [7, 11) is -3.58. The number of anilines is 1. The molecule has 3 nitrogen and oxygen atoms in total. The maximum Gasteiger partial charge on any atom is 0.262 e. The monoisotopic (exact) mass is 321 g/mol. The van der Waals surface area contributed by atoms with E-state index >= 15 is 0 Å². The molecule has 2 aromatic rings. The summed E-state index contributed by atoms with van der Waals surface area (Å²) < 4.78 is 27.9. The Morgan fingerprint density at radius 3 is 2.19 bits per heavy atom. The van der Waals surface area contributed by atoms with Crippen molar-refractivity contribution in [3.63, 3.8) is 0 Å². The van der Waals surface area contributed by atoms with Crippen molar-refractivity contribution in [1.82, 2.24) is 0 Å². The first-order valence-corrected chi connectivity index (χ1v) is 9.29. The Morgan fingerprint density at radius 1 is 1.00 bits per heavy atom. The zero-order valence-electron chi connectivity index (χ0n) is 12.6. The third kappa shape index (κ3) is 3.60. The lowest BCUT2D eigenvalue weighted by atomic mass is 10.1. The van der Waals surface area contributed by atoms with E-state index in [0.717, 1.165) is 21.6 Å². The van der Waals surface area contributed by atoms with Crippen molar-refractivity contribution in [3.8, 4) is 0 Å². The highest BCUT2D eigenvalue weighted by molar-refractivity contribution is 7.98. The van der Waals surface area contributed by atoms with Crippen molar-refractivity contribution in [1.29, 1.82) is 0 Å². The van der Waals surface area contributed by atoms with Crippen LogP contribution in [0.5, 0.6) is 0 Å². The molecular formula is C16H19NO2S2. The normalized spacial score (nSPS) is 11.4. The van der Waals surface area contributed by atoms with Gasteiger partial charge in [-0.2, -0.15) is 0 Å². The molecule has 0 bridgehead atoms. The molecule has 0 unspecified atom stereocenters. The van der Waals surface area contributed by atoms with E-state index < -0.39 is 10.0 Å². The van der Waals surface area contributed by atoms with Crippen LogP contribution in [0.1, 0.15) is 16.7 Å². The first-order chi connectivity index (χ1) is 9.83. The highest BCUT2D eigenvalue weighted by Gasteiger charge is 2.20. The maximum atomic E-state index is 12.6. The summed E-state index contributed by atoms with van der Waals surface area (Å²) in [4.78, 5) is 1.38. The van der Waals surface area contributed by atoms with E-state index in [9.17, 15) is 8.42 Å². The predicted molar refractivity (Wildman–Crippen MR) is 89.7 cm³/mol. The Balaban J connectivity index is 2.43. The Kier molecular flexibility index (Phi) is 4.64. The minimum absolute atomic E-state index is 0.364. The zero-order valence-corrected chi connectivity index (χ0v) is 14.2. The van der Waals surface area contributed by atoms with Gasteiger partial charge in [0.2, 0.25) is 0 Å². The van der Waals surface area contributed by atoms with Gasteiger partial charge in [-0.3, -0.25) is 4.72 Å². The van der Waals surface area contributed by atoms with Crippen LogP contribution in [-0.2, 0) is 10.0 Å². The van der Waals surface area contributed by atoms with Crippen LogP contribution in [0.3, 0.4) is 0 Å². The predicted octanol–water partition coefficient (Wildman–Crippen LogP) is 4.13. The molecule has 0 saturated heterocycles. The van der Waals surface area contributed by atoms with E-state index in [2.05, 4.69) is 4.72 Å². The van der Waals surface area contributed by atoms with Crippen molar-refractivity contribution in [2.75, 3.05) is 11.0 Å². The molecule has 21 heavy (non-hydrogen) atoms. The Morgan fingerprint density at radius 2 is 1.62 bits per heavy atom. The molecule has 0 saturated carbocycles. The molecule has 112 valence electrons. The smallest absolute Gasteiger partial charge is 0.262 e. The summed E-state index contributed by atoms with van der Waals surface area (Å²) in [6, 6.07) is 11.2. The van der Waals surface area contributed by atoms with Gasteiger partial charge in [0.25, 0.3) is 10.0 Å². The van der Waals surface area contributed by atoms with Gasteiger partial charge in [-0.15, -0.1) is 11.8 Å². The molecule has 0 heterocycles. The molecule has 0 atom stereocenters. The maximum absolute atomic E-state index is 12.6. The largest absolute Gasteiger partial charge is 0.280 e. The molecule has 2 rings (SSSR count). The summed E-state index contributed by atoms with van der Waals surface area (Å²) in [6.07, 6.45) is 1.96. The molecule has 2 aromatic carbocycles. The Bertz CT molecular complexity index is 745. The fourth-order valence-electron chi connectivity index (χ4n) is 2.48. The Labute approximate surface area is 130 Å². The molecule has 0 fully saturated rings. The number of nitrogens with one attached hydrogen (secondary N) is 1. The van der Waals surface area contributed by atoms with Crippen LogP contribution < -0.4 is 4.72 Å². The standard InChI is InChI=1S/C16H19NO2S2/c1-11-8-12(2)16(13(3)9-11)21(18,19)17-14-6-5-7-15(10-14)20-4/h5-10,17H,1-4H3. The third-order valence-corrected chi connectivity index (χ3v) is 5.61. The van der Waals surface area contributed by atoms with Crippen LogP contribution in [0, 0.1) is 20.8 Å². The van der Waals surface area contributed by atoms with Crippen molar-refractivity contribution in [2.45, 2.75) is 30.6 Å². The van der Waals surface area contributed by atoms with Crippen molar-refractivity contribution < 1.29 is 8.42 Å². The molecule has 1 N–H and O–H groups in total. The highest BCUT2D eigenvalue weighted by atomic mass is 32.2. The molecular weight excluding hydrogens is 302 g/mol. The van der Waals surface area contributed by atoms with E-state index in [4.69, 9.17) is 0 Å². The molecule has 0 aliphatic rings. The van der Waals surface area contributed by atoms with Crippen LogP contribution >= 0.6 is 11.8 Å². The number of hydrogen-bond donors (Lipinski definition) is 1. The van der Waals surface area contributed by atoms with Gasteiger partial charge in [-0.05, 0) is 56.4 Å². The second-order valence-corrected chi connectivity index (χ2v) is 7.56. The molecule has 0 aliphatic heterocycles. The van der Waals surface area contributed by atoms with E-state index in [0.29, 0.717) is 10.6 Å². The second-order valence-electron chi connectivity index (χ2n) is 5.07. The number of aryl methyl sites for hydroxylation is 3. The number of thioether (sulfide) groups is 1. The summed E-state index contributed by atoms with van der Waals surface area (Å²) in [6.45, 7) is 5.62. The zero-order chi connectivity index (χ0) is 15.6. The first-order valence-electron chi connectivity index (χ1n) is 6.58. The van der Waals surface area contributed by atoms with Gasteiger partial charge in [0.05, 0.1) is 4.90 Å². The summed E-state index contributed by atoms with van der Waals surface area (Å²) in [5.74, 6) is 0. The number of benzene rings is 2. The second kappa shape index (κ2) is 6.12. The SMILES string of the molecule is CSc1cccc(NS(=O)(=O)c2c(C)cc(C)cc2C)c1. The quantitative estimate of drug-likeness (QED) is 0.861. The minimum atomic E-state index is -3.58. The number of rotatable bonds is 4. The van der Waals surface area contributed by atoms with Crippen molar-refractivity contribution >= 4 is 27.5 Å². The lowest BCUT2D eigenvalue weighted by Crippen LogP contribution is -2.16. The lowest BCUT2D eigenvalue weighted by Gasteiger charge is -2.14. The van der Waals surface area contributed by atoms with Crippen LogP contribution in [0.25, 0.3) is 0 Å². The molecule has 0 amide bonds. The molecule has 0 radical (unpaired) electrons. The van der Waals surface area contributed by atoms with Gasteiger partial charge in [0, 0.05) is 10.6 Å². The van der Waals surface area contributed by atoms with Crippen molar-refractivity contribution in [2.24, 2.45) is 0 Å². The van der Waals surface area contributed by atoms with Crippen LogP contribution in [0.15, 0.2) is 46.2 Å². The van der Waals surface area contributed by atoms with Gasteiger partial charge in [-0.25, -0.2) is 8.42 Å². The van der Waals surface area contributed by atoms with Crippen LogP contribution in [-0.4, -0.2) is 14.7 Å². The summed E-state index contributed by atoms with van der Waals surface area (Å²) in [5.41, 5.74) is 3.18. The molecule has 0 spiro atoms. The van der Waals surface area contributed by atoms with Gasteiger partial charge >= 0.3 is 0 Å². The average Bonchev–Trinajstić information content (AvgIpc) is 2.36. The molecule has 0 aromatic heterocycles. The van der Waals surface area contributed by atoms with Gasteiger partial charge in [-0.1, -0.05) is 23.8 Å². The Hall–Kier alpha value is -1.46. The van der Waals surface area contributed by atoms with E-state index in [1.54, 1.807) is 17.8 Å². The van der Waals surface area contributed by atoms with E-state index in [1.807, 2.05) is 57.4 Å². The van der Waals surface area contributed by atoms with E-state index in [-0.39, 0.29) is 0 Å². The van der Waals surface area contributed by atoms with Crippen molar-refractivity contribution in [3.05, 3.63) is 53.1 Å². The highest BCUT2D eigenvalue weighted by Crippen LogP contribution is 2.26. The molecule has 5 heteroatoms. The first kappa shape index (κ1) is 15.9. The lowest BCUT2D eigenvalue weighted by molar-refractivity contribution is 0.600. The van der Waals surface area contributed by atoms with E-state index in [1.165, 1.54) is 0 Å². The fourth-order valence-corrected chi connectivity index (χ4v) is 4.45. The van der Waals surface area contributed by atoms with Gasteiger partial charge in [0.1, 0.15) is 0 Å². The van der Waals surface area contributed by atoms with Crippen LogP contribution in [0.4, 0.5) is 5.69 Å². The van der Waals surface area contributed by atoms with Gasteiger partial charge in [0.15, 0.2) is 0 Å². The number of sulfonamides is 1. The fraction of sp³-hybridized carbons (Fsp3) is 0.250. The average molecular weight is 321 g/mol. The molecule has 0 aliphatic carbocycles. The summed E-state index contributed by atoms with van der Waals surface area (Å²) in [5, 5.41) is 0. The third-order valence-electron chi connectivity index (χ3n) is 3.20.